The van der Waals surface area contributed by atoms with E-state index in [1.54, 1.807) is 11.3 Å². The molecule has 1 aliphatic heterocycles. The summed E-state index contributed by atoms with van der Waals surface area (Å²) in [5.41, 5.74) is 0.861. The van der Waals surface area contributed by atoms with Crippen LogP contribution in [-0.4, -0.2) is 28.6 Å². The zero-order chi connectivity index (χ0) is 14.9. The third kappa shape index (κ3) is 2.87. The second-order valence-corrected chi connectivity index (χ2v) is 7.56. The van der Waals surface area contributed by atoms with E-state index in [-0.39, 0.29) is 5.54 Å². The van der Waals surface area contributed by atoms with Gasteiger partial charge in [0.25, 0.3) is 0 Å². The lowest BCUT2D eigenvalue weighted by molar-refractivity contribution is -0.00913. The minimum absolute atomic E-state index is 0.220. The number of rotatable bonds is 3. The Morgan fingerprint density at radius 2 is 1.81 bits per heavy atom. The molecule has 0 spiro atoms. The molecule has 1 aliphatic rings. The maximum absolute atomic E-state index is 11.1. The predicted octanol–water partition coefficient (Wildman–Crippen LogP) is 4.59. The molecule has 114 valence electrons. The monoisotopic (exact) mass is 303 g/mol. The fourth-order valence-electron chi connectivity index (χ4n) is 3.43. The average molecular weight is 303 g/mol. The van der Waals surface area contributed by atoms with E-state index < -0.39 is 6.10 Å². The van der Waals surface area contributed by atoms with Crippen molar-refractivity contribution < 1.29 is 5.11 Å². The van der Waals surface area contributed by atoms with Crippen molar-refractivity contribution in [1.82, 2.24) is 4.90 Å². The molecule has 1 atom stereocenters. The van der Waals surface area contributed by atoms with E-state index in [1.807, 2.05) is 0 Å². The lowest BCUT2D eigenvalue weighted by atomic mass is 9.88. The Morgan fingerprint density at radius 3 is 2.52 bits per heavy atom. The molecule has 1 unspecified atom stereocenters. The summed E-state index contributed by atoms with van der Waals surface area (Å²) in [6.45, 7) is 6.58. The molecule has 3 rings (SSSR count). The Hall–Kier alpha value is -0.900. The second kappa shape index (κ2) is 6.07. The molecule has 0 amide bonds. The molecule has 1 fully saturated rings. The first-order valence-corrected chi connectivity index (χ1v) is 8.88. The van der Waals surface area contributed by atoms with Crippen LogP contribution < -0.4 is 0 Å². The van der Waals surface area contributed by atoms with Gasteiger partial charge in [0.1, 0.15) is 0 Å². The van der Waals surface area contributed by atoms with Crippen LogP contribution >= 0.6 is 11.3 Å². The van der Waals surface area contributed by atoms with Crippen molar-refractivity contribution in [3.05, 3.63) is 35.2 Å². The van der Waals surface area contributed by atoms with Gasteiger partial charge in [-0.25, -0.2) is 0 Å². The van der Waals surface area contributed by atoms with Gasteiger partial charge in [-0.05, 0) is 56.6 Å². The third-order valence-electron chi connectivity index (χ3n) is 4.89. The quantitative estimate of drug-likeness (QED) is 0.896. The molecule has 2 nitrogen and oxygen atoms in total. The summed E-state index contributed by atoms with van der Waals surface area (Å²) >= 11 is 1.73. The van der Waals surface area contributed by atoms with E-state index in [9.17, 15) is 5.11 Å². The molecule has 1 aromatic carbocycles. The van der Waals surface area contributed by atoms with Gasteiger partial charge in [0.2, 0.25) is 0 Å². The normalized spacial score (nSPS) is 19.6. The zero-order valence-corrected chi connectivity index (χ0v) is 13.8. The summed E-state index contributed by atoms with van der Waals surface area (Å²) in [5, 5.41) is 14.4. The van der Waals surface area contributed by atoms with Gasteiger partial charge in [-0.2, -0.15) is 0 Å². The Kier molecular flexibility index (Phi) is 4.34. The van der Waals surface area contributed by atoms with Crippen LogP contribution in [0.1, 0.15) is 51.2 Å². The number of aliphatic hydroxyl groups is 1. The van der Waals surface area contributed by atoms with Crippen molar-refractivity contribution in [1.29, 1.82) is 0 Å². The Bertz CT molecular complexity index is 596. The summed E-state index contributed by atoms with van der Waals surface area (Å²) in [4.78, 5) is 2.48. The van der Waals surface area contributed by atoms with E-state index in [4.69, 9.17) is 0 Å². The summed E-state index contributed by atoms with van der Waals surface area (Å²) in [6.07, 6.45) is 4.70. The summed E-state index contributed by atoms with van der Waals surface area (Å²) in [7, 11) is 0. The highest BCUT2D eigenvalue weighted by Crippen LogP contribution is 2.37. The second-order valence-electron chi connectivity index (χ2n) is 6.64. The standard InChI is InChI=1S/C18H25NOS/c1-18(2,19-11-5-3-4-6-12-19)17(20)15-9-7-8-14-10-13-21-16(14)15/h7-10,13,17,20H,3-6,11-12H2,1-2H3. The van der Waals surface area contributed by atoms with Gasteiger partial charge in [0.15, 0.2) is 0 Å². The first-order valence-electron chi connectivity index (χ1n) is 8.00. The van der Waals surface area contributed by atoms with Crippen LogP contribution in [-0.2, 0) is 0 Å². The molecule has 3 heteroatoms. The van der Waals surface area contributed by atoms with Gasteiger partial charge < -0.3 is 5.11 Å². The number of hydrogen-bond acceptors (Lipinski definition) is 3. The molecule has 2 aromatic rings. The minimum atomic E-state index is -0.446. The van der Waals surface area contributed by atoms with Crippen LogP contribution in [0.15, 0.2) is 29.6 Å². The number of aliphatic hydroxyl groups excluding tert-OH is 1. The van der Waals surface area contributed by atoms with Gasteiger partial charge in [-0.1, -0.05) is 31.0 Å². The maximum atomic E-state index is 11.1. The van der Waals surface area contributed by atoms with Gasteiger partial charge in [0.05, 0.1) is 6.10 Å². The number of fused-ring (bicyclic) bond motifs is 1. The SMILES string of the molecule is CC(C)(C(O)c1cccc2ccsc12)N1CCCCCC1. The highest BCUT2D eigenvalue weighted by atomic mass is 32.1. The minimum Gasteiger partial charge on any atom is -0.386 e. The van der Waals surface area contributed by atoms with Gasteiger partial charge in [0, 0.05) is 15.8 Å². The van der Waals surface area contributed by atoms with Crippen molar-refractivity contribution in [2.45, 2.75) is 51.2 Å². The number of thiophene rings is 1. The topological polar surface area (TPSA) is 23.5 Å². The van der Waals surface area contributed by atoms with Gasteiger partial charge in [-0.3, -0.25) is 4.90 Å². The maximum Gasteiger partial charge on any atom is 0.0982 e. The third-order valence-corrected chi connectivity index (χ3v) is 5.87. The van der Waals surface area contributed by atoms with Crippen molar-refractivity contribution in [2.24, 2.45) is 0 Å². The highest BCUT2D eigenvalue weighted by Gasteiger charge is 2.36. The Labute approximate surface area is 131 Å². The molecule has 0 saturated carbocycles. The van der Waals surface area contributed by atoms with Crippen molar-refractivity contribution in [3.63, 3.8) is 0 Å². The molecule has 1 N–H and O–H groups in total. The van der Waals surface area contributed by atoms with E-state index in [0.717, 1.165) is 18.7 Å². The Balaban J connectivity index is 1.92. The summed E-state index contributed by atoms with van der Waals surface area (Å²) in [6, 6.07) is 8.41. The van der Waals surface area contributed by atoms with E-state index in [0.29, 0.717) is 0 Å². The average Bonchev–Trinajstić information content (AvgIpc) is 2.79. The van der Waals surface area contributed by atoms with Crippen LogP contribution in [0.4, 0.5) is 0 Å². The van der Waals surface area contributed by atoms with Gasteiger partial charge in [-0.15, -0.1) is 11.3 Å². The van der Waals surface area contributed by atoms with E-state index in [2.05, 4.69) is 48.4 Å². The number of likely N-dealkylation sites (tertiary alicyclic amines) is 1. The molecule has 1 aromatic heterocycles. The molecule has 2 heterocycles. The molecule has 1 saturated heterocycles. The van der Waals surface area contributed by atoms with E-state index >= 15 is 0 Å². The smallest absolute Gasteiger partial charge is 0.0982 e. The van der Waals surface area contributed by atoms with Crippen LogP contribution in [0.2, 0.25) is 0 Å². The van der Waals surface area contributed by atoms with Crippen LogP contribution in [0, 0.1) is 0 Å². The lowest BCUT2D eigenvalue weighted by Crippen LogP contribution is -2.48. The summed E-state index contributed by atoms with van der Waals surface area (Å²) in [5.74, 6) is 0. The largest absolute Gasteiger partial charge is 0.386 e. The lowest BCUT2D eigenvalue weighted by Gasteiger charge is -2.41. The highest BCUT2D eigenvalue weighted by molar-refractivity contribution is 7.17. The Morgan fingerprint density at radius 1 is 1.10 bits per heavy atom. The van der Waals surface area contributed by atoms with Gasteiger partial charge >= 0.3 is 0 Å². The molecule has 0 aliphatic carbocycles. The zero-order valence-electron chi connectivity index (χ0n) is 13.0. The first kappa shape index (κ1) is 15.0. The molecular formula is C18H25NOS. The van der Waals surface area contributed by atoms with Crippen LogP contribution in [0.5, 0.6) is 0 Å². The first-order chi connectivity index (χ1) is 10.1. The predicted molar refractivity (Wildman–Crippen MR) is 90.9 cm³/mol. The molecule has 0 radical (unpaired) electrons. The van der Waals surface area contributed by atoms with Crippen molar-refractivity contribution >= 4 is 21.4 Å². The van der Waals surface area contributed by atoms with Crippen molar-refractivity contribution in [3.8, 4) is 0 Å². The van der Waals surface area contributed by atoms with Crippen LogP contribution in [0.25, 0.3) is 10.1 Å². The molecule has 0 bridgehead atoms. The number of hydrogen-bond donors (Lipinski definition) is 1. The van der Waals surface area contributed by atoms with Crippen molar-refractivity contribution in [2.75, 3.05) is 13.1 Å². The number of benzene rings is 1. The fourth-order valence-corrected chi connectivity index (χ4v) is 4.37. The molecule has 21 heavy (non-hydrogen) atoms. The van der Waals surface area contributed by atoms with Crippen LogP contribution in [0.3, 0.4) is 0 Å². The fraction of sp³-hybridized carbons (Fsp3) is 0.556. The molecular weight excluding hydrogens is 278 g/mol. The summed E-state index contributed by atoms with van der Waals surface area (Å²) < 4.78 is 1.23. The van der Waals surface area contributed by atoms with E-state index in [1.165, 1.54) is 35.8 Å². The number of nitrogens with zero attached hydrogens (tertiary/aromatic N) is 1.